The van der Waals surface area contributed by atoms with Crippen LogP contribution >= 0.6 is 0 Å². The first kappa shape index (κ1) is 19.2. The predicted molar refractivity (Wildman–Crippen MR) is 112 cm³/mol. The Balaban J connectivity index is 1.56. The van der Waals surface area contributed by atoms with Gasteiger partial charge in [0, 0.05) is 18.5 Å². The smallest absolute Gasteiger partial charge is 0.409 e. The highest BCUT2D eigenvalue weighted by molar-refractivity contribution is 6.13. The number of benzodiazepines with no additional fused rings is 1. The summed E-state index contributed by atoms with van der Waals surface area (Å²) in [6.07, 6.45) is 2.78. The number of likely N-dealkylation sites (N-methyl/N-ethyl adjacent to an activating group) is 1. The van der Waals surface area contributed by atoms with Crippen LogP contribution in [-0.4, -0.2) is 30.9 Å². The highest BCUT2D eigenvalue weighted by Gasteiger charge is 2.34. The minimum absolute atomic E-state index is 0.142. The van der Waals surface area contributed by atoms with E-state index >= 15 is 0 Å². The van der Waals surface area contributed by atoms with Crippen LogP contribution in [0.25, 0.3) is 0 Å². The van der Waals surface area contributed by atoms with E-state index in [-0.39, 0.29) is 12.5 Å². The summed E-state index contributed by atoms with van der Waals surface area (Å²) in [7, 11) is 1.72. The van der Waals surface area contributed by atoms with Gasteiger partial charge in [-0.1, -0.05) is 61.4 Å². The second kappa shape index (κ2) is 8.47. The number of anilines is 1. The first-order valence-corrected chi connectivity index (χ1v) is 10.1. The maximum absolute atomic E-state index is 13.0. The molecule has 0 radical (unpaired) electrons. The summed E-state index contributed by atoms with van der Waals surface area (Å²) in [5.41, 5.74) is 3.58. The fraction of sp³-hybridized carbons (Fsp3) is 0.348. The van der Waals surface area contributed by atoms with E-state index in [1.54, 1.807) is 11.9 Å². The Morgan fingerprint density at radius 1 is 1.10 bits per heavy atom. The molecule has 1 atom stereocenters. The lowest BCUT2D eigenvalue weighted by molar-refractivity contribution is -0.120. The highest BCUT2D eigenvalue weighted by Crippen LogP contribution is 2.34. The number of amides is 2. The topological polar surface area (TPSA) is 71.0 Å². The molecule has 0 bridgehead atoms. The molecule has 1 aliphatic heterocycles. The van der Waals surface area contributed by atoms with Crippen LogP contribution in [0, 0.1) is 5.92 Å². The second-order valence-electron chi connectivity index (χ2n) is 7.52. The summed E-state index contributed by atoms with van der Waals surface area (Å²) >= 11 is 0. The molecule has 1 heterocycles. The number of ether oxygens (including phenoxy) is 1. The molecule has 2 aliphatic rings. The molecule has 0 saturated heterocycles. The molecular weight excluding hydrogens is 366 g/mol. The molecule has 1 N–H and O–H groups in total. The van der Waals surface area contributed by atoms with Crippen molar-refractivity contribution in [1.29, 1.82) is 0 Å². The van der Waals surface area contributed by atoms with Crippen LogP contribution in [0.4, 0.5) is 10.5 Å². The van der Waals surface area contributed by atoms with Gasteiger partial charge in [0.05, 0.1) is 11.4 Å². The van der Waals surface area contributed by atoms with Gasteiger partial charge in [-0.15, -0.1) is 0 Å². The van der Waals surface area contributed by atoms with Gasteiger partial charge in [-0.05, 0) is 24.5 Å². The van der Waals surface area contributed by atoms with Gasteiger partial charge in [-0.3, -0.25) is 15.1 Å². The van der Waals surface area contributed by atoms with Gasteiger partial charge in [0.1, 0.15) is 6.61 Å². The molecule has 150 valence electrons. The van der Waals surface area contributed by atoms with Gasteiger partial charge in [0.15, 0.2) is 0 Å². The van der Waals surface area contributed by atoms with Gasteiger partial charge in [0.2, 0.25) is 6.17 Å². The quantitative estimate of drug-likeness (QED) is 0.859. The van der Waals surface area contributed by atoms with Crippen LogP contribution in [0.3, 0.4) is 0 Å². The van der Waals surface area contributed by atoms with E-state index in [4.69, 9.17) is 9.73 Å². The number of aliphatic imine (C=N–C) groups is 1. The van der Waals surface area contributed by atoms with E-state index in [1.165, 1.54) is 0 Å². The maximum atomic E-state index is 13.0. The molecule has 4 rings (SSSR count). The Labute approximate surface area is 170 Å². The minimum atomic E-state index is -0.994. The lowest BCUT2D eigenvalue weighted by Crippen LogP contribution is -2.46. The lowest BCUT2D eigenvalue weighted by Gasteiger charge is -2.20. The molecule has 2 amide bonds. The van der Waals surface area contributed by atoms with Crippen molar-refractivity contribution in [2.75, 3.05) is 11.9 Å². The van der Waals surface area contributed by atoms with Crippen LogP contribution in [0.1, 0.15) is 36.8 Å². The number of carbonyl (C=O) groups is 2. The Bertz CT molecular complexity index is 920. The number of hydrogen-bond donors (Lipinski definition) is 1. The number of rotatable bonds is 4. The zero-order valence-electron chi connectivity index (χ0n) is 16.5. The zero-order valence-corrected chi connectivity index (χ0v) is 16.5. The molecule has 1 aliphatic carbocycles. The lowest BCUT2D eigenvalue weighted by atomic mass is 9.94. The number of fused-ring (bicyclic) bond motifs is 1. The normalized spacial score (nSPS) is 19.3. The molecule has 2 aromatic carbocycles. The Morgan fingerprint density at radius 2 is 1.79 bits per heavy atom. The largest absolute Gasteiger partial charge is 0.445 e. The molecule has 2 aromatic rings. The number of para-hydroxylation sites is 1. The number of alkyl carbamates (subject to hydrolysis) is 1. The minimum Gasteiger partial charge on any atom is -0.445 e. The van der Waals surface area contributed by atoms with Gasteiger partial charge < -0.3 is 9.64 Å². The Hall–Kier alpha value is -3.15. The number of benzene rings is 2. The van der Waals surface area contributed by atoms with Gasteiger partial charge in [0.25, 0.3) is 5.91 Å². The van der Waals surface area contributed by atoms with Crippen molar-refractivity contribution >= 4 is 23.4 Å². The van der Waals surface area contributed by atoms with Crippen molar-refractivity contribution in [2.45, 2.75) is 38.5 Å². The van der Waals surface area contributed by atoms with E-state index < -0.39 is 12.3 Å². The van der Waals surface area contributed by atoms with E-state index in [1.807, 2.05) is 54.6 Å². The summed E-state index contributed by atoms with van der Waals surface area (Å²) in [6.45, 7) is 0.142. The van der Waals surface area contributed by atoms with Crippen LogP contribution in [0.15, 0.2) is 59.6 Å². The fourth-order valence-electron chi connectivity index (χ4n) is 4.04. The molecule has 0 aromatic heterocycles. The summed E-state index contributed by atoms with van der Waals surface area (Å²) < 4.78 is 5.30. The third-order valence-corrected chi connectivity index (χ3v) is 5.58. The van der Waals surface area contributed by atoms with Gasteiger partial charge >= 0.3 is 6.09 Å². The summed E-state index contributed by atoms with van der Waals surface area (Å²) in [4.78, 5) is 31.7. The Morgan fingerprint density at radius 3 is 2.55 bits per heavy atom. The number of nitrogens with zero attached hydrogens (tertiary/aromatic N) is 2. The molecule has 1 fully saturated rings. The van der Waals surface area contributed by atoms with Crippen molar-refractivity contribution in [1.82, 2.24) is 5.32 Å². The van der Waals surface area contributed by atoms with Crippen LogP contribution in [-0.2, 0) is 16.1 Å². The molecule has 0 spiro atoms. The van der Waals surface area contributed by atoms with Crippen LogP contribution < -0.4 is 10.2 Å². The highest BCUT2D eigenvalue weighted by atomic mass is 16.5. The summed E-state index contributed by atoms with van der Waals surface area (Å²) in [5, 5.41) is 2.66. The average molecular weight is 391 g/mol. The van der Waals surface area contributed by atoms with E-state index in [0.717, 1.165) is 48.2 Å². The van der Waals surface area contributed by atoms with Crippen molar-refractivity contribution in [3.05, 3.63) is 65.7 Å². The first-order chi connectivity index (χ1) is 14.1. The van der Waals surface area contributed by atoms with Crippen molar-refractivity contribution < 1.29 is 14.3 Å². The molecule has 6 heteroatoms. The second-order valence-corrected chi connectivity index (χ2v) is 7.52. The molecular formula is C23H25N3O3. The third-order valence-electron chi connectivity index (χ3n) is 5.58. The summed E-state index contributed by atoms with van der Waals surface area (Å²) in [5.74, 6) is 0.0298. The fourth-order valence-corrected chi connectivity index (χ4v) is 4.04. The monoisotopic (exact) mass is 391 g/mol. The average Bonchev–Trinajstić information content (AvgIpc) is 3.26. The standard InChI is InChI=1S/C23H25N3O3/c1-26-19-14-8-7-13-18(19)20(17-11-5-6-12-17)24-21(22(26)27)25-23(28)29-15-16-9-3-2-4-10-16/h2-4,7-10,13-14,17,21H,5-6,11-12,15H2,1H3,(H,25,28)/t21-/m1/s1. The molecule has 0 unspecified atom stereocenters. The van der Waals surface area contributed by atoms with Crippen molar-refractivity contribution in [2.24, 2.45) is 10.9 Å². The third kappa shape index (κ3) is 4.16. The van der Waals surface area contributed by atoms with Crippen molar-refractivity contribution in [3.63, 3.8) is 0 Å². The molecule has 1 saturated carbocycles. The molecule has 6 nitrogen and oxygen atoms in total. The number of carbonyl (C=O) groups excluding carboxylic acids is 2. The summed E-state index contributed by atoms with van der Waals surface area (Å²) in [6, 6.07) is 17.2. The number of nitrogens with one attached hydrogen (secondary N) is 1. The van der Waals surface area contributed by atoms with E-state index in [2.05, 4.69) is 5.32 Å². The first-order valence-electron chi connectivity index (χ1n) is 10.1. The predicted octanol–water partition coefficient (Wildman–Crippen LogP) is 3.89. The van der Waals surface area contributed by atoms with Gasteiger partial charge in [-0.2, -0.15) is 0 Å². The zero-order chi connectivity index (χ0) is 20.2. The van der Waals surface area contributed by atoms with E-state index in [0.29, 0.717) is 5.92 Å². The number of hydrogen-bond acceptors (Lipinski definition) is 4. The van der Waals surface area contributed by atoms with Gasteiger partial charge in [-0.25, -0.2) is 4.79 Å². The van der Waals surface area contributed by atoms with Crippen LogP contribution in [0.2, 0.25) is 0 Å². The van der Waals surface area contributed by atoms with E-state index in [9.17, 15) is 9.59 Å². The van der Waals surface area contributed by atoms with Crippen LogP contribution in [0.5, 0.6) is 0 Å². The SMILES string of the molecule is CN1C(=O)[C@@H](NC(=O)OCc2ccccc2)N=C(C2CCCC2)c2ccccc21. The maximum Gasteiger partial charge on any atom is 0.409 e. The Kier molecular flexibility index (Phi) is 5.60. The molecule has 29 heavy (non-hydrogen) atoms. The van der Waals surface area contributed by atoms with Crippen molar-refractivity contribution in [3.8, 4) is 0 Å².